The number of amides is 1. The van der Waals surface area contributed by atoms with Crippen LogP contribution < -0.4 is 0 Å². The van der Waals surface area contributed by atoms with Crippen molar-refractivity contribution >= 4 is 35.3 Å². The van der Waals surface area contributed by atoms with Gasteiger partial charge in [-0.05, 0) is 46.8 Å². The number of thiocarbonyl (C=S) groups is 1. The summed E-state index contributed by atoms with van der Waals surface area (Å²) in [7, 11) is 2.87. The van der Waals surface area contributed by atoms with E-state index in [1.807, 2.05) is 53.7 Å². The molecule has 29 heavy (non-hydrogen) atoms. The standard InChI is InChI=1S/C22H30N2O4S/c1-21(2,3)14-9-13(10-15(18(14)26)22(4,5)6)11-16-19(27)23(7)20(29)24(16)12-17(25)28-8/h9-11,26H,12H2,1-8H3/b16-11-. The van der Waals surface area contributed by atoms with Crippen molar-refractivity contribution in [2.45, 2.75) is 52.4 Å². The number of nitrogens with zero attached hydrogens (tertiary/aromatic N) is 2. The molecule has 1 fully saturated rings. The number of likely N-dealkylation sites (N-methyl/N-ethyl adjacent to an activating group) is 1. The molecular weight excluding hydrogens is 388 g/mol. The first-order valence-corrected chi connectivity index (χ1v) is 9.85. The lowest BCUT2D eigenvalue weighted by Gasteiger charge is -2.28. The van der Waals surface area contributed by atoms with Gasteiger partial charge in [0.05, 0.1) is 7.11 Å². The summed E-state index contributed by atoms with van der Waals surface area (Å²) in [5, 5.41) is 11.1. The number of hydrogen-bond acceptors (Lipinski definition) is 5. The average molecular weight is 419 g/mol. The van der Waals surface area contributed by atoms with E-state index in [0.29, 0.717) is 5.70 Å². The summed E-state index contributed by atoms with van der Waals surface area (Å²) >= 11 is 5.33. The highest BCUT2D eigenvalue weighted by atomic mass is 32.1. The van der Waals surface area contributed by atoms with Crippen LogP contribution in [-0.2, 0) is 25.2 Å². The maximum atomic E-state index is 12.8. The number of benzene rings is 1. The Kier molecular flexibility index (Phi) is 6.14. The van der Waals surface area contributed by atoms with Gasteiger partial charge in [0.15, 0.2) is 5.11 Å². The fourth-order valence-corrected chi connectivity index (χ4v) is 3.43. The molecule has 0 aromatic heterocycles. The molecule has 0 saturated carbocycles. The van der Waals surface area contributed by atoms with Gasteiger partial charge in [0.2, 0.25) is 0 Å². The van der Waals surface area contributed by atoms with Crippen molar-refractivity contribution in [2.75, 3.05) is 20.7 Å². The molecule has 6 nitrogen and oxygen atoms in total. The Morgan fingerprint density at radius 1 is 1.14 bits per heavy atom. The summed E-state index contributed by atoms with van der Waals surface area (Å²) in [6.45, 7) is 12.0. The smallest absolute Gasteiger partial charge is 0.325 e. The lowest BCUT2D eigenvalue weighted by molar-refractivity contribution is -0.140. The lowest BCUT2D eigenvalue weighted by Crippen LogP contribution is -2.33. The Balaban J connectivity index is 2.68. The largest absolute Gasteiger partial charge is 0.507 e. The van der Waals surface area contributed by atoms with Crippen LogP contribution in [0.25, 0.3) is 6.08 Å². The number of methoxy groups -OCH3 is 1. The molecule has 1 saturated heterocycles. The number of hydrogen-bond donors (Lipinski definition) is 1. The fraction of sp³-hybridized carbons (Fsp3) is 0.500. The lowest BCUT2D eigenvalue weighted by atomic mass is 9.78. The van der Waals surface area contributed by atoms with Gasteiger partial charge in [-0.3, -0.25) is 14.5 Å². The highest BCUT2D eigenvalue weighted by molar-refractivity contribution is 7.80. The molecule has 1 aliphatic rings. The Morgan fingerprint density at radius 3 is 2.03 bits per heavy atom. The second-order valence-corrected chi connectivity index (χ2v) is 9.67. The number of phenols is 1. The Morgan fingerprint density at radius 2 is 1.62 bits per heavy atom. The summed E-state index contributed by atoms with van der Waals surface area (Å²) in [4.78, 5) is 27.4. The summed E-state index contributed by atoms with van der Waals surface area (Å²) in [5.74, 6) is -0.511. The molecule has 0 aliphatic carbocycles. The molecule has 0 unspecified atom stereocenters. The van der Waals surface area contributed by atoms with Gasteiger partial charge in [0, 0.05) is 18.2 Å². The average Bonchev–Trinajstić information content (AvgIpc) is 2.79. The van der Waals surface area contributed by atoms with E-state index in [1.165, 1.54) is 16.9 Å². The van der Waals surface area contributed by atoms with Crippen LogP contribution in [0, 0.1) is 0 Å². The van der Waals surface area contributed by atoms with Crippen molar-refractivity contribution in [1.29, 1.82) is 0 Å². The molecule has 1 amide bonds. The molecule has 1 heterocycles. The maximum Gasteiger partial charge on any atom is 0.325 e. The molecule has 7 heteroatoms. The third-order valence-corrected chi connectivity index (χ3v) is 5.39. The third kappa shape index (κ3) is 4.61. The van der Waals surface area contributed by atoms with Crippen molar-refractivity contribution in [1.82, 2.24) is 9.80 Å². The molecule has 158 valence electrons. The van der Waals surface area contributed by atoms with Gasteiger partial charge < -0.3 is 14.7 Å². The first kappa shape index (κ1) is 22.9. The van der Waals surface area contributed by atoms with Crippen molar-refractivity contribution in [2.24, 2.45) is 0 Å². The minimum absolute atomic E-state index is 0.145. The molecule has 0 bridgehead atoms. The number of rotatable bonds is 3. The zero-order chi connectivity index (χ0) is 22.3. The molecule has 1 aliphatic heterocycles. The van der Waals surface area contributed by atoms with Gasteiger partial charge in [-0.15, -0.1) is 0 Å². The van der Waals surface area contributed by atoms with Gasteiger partial charge in [-0.1, -0.05) is 41.5 Å². The van der Waals surface area contributed by atoms with Crippen LogP contribution in [0.4, 0.5) is 0 Å². The van der Waals surface area contributed by atoms with Crippen LogP contribution in [0.3, 0.4) is 0 Å². The van der Waals surface area contributed by atoms with E-state index < -0.39 is 5.97 Å². The Hall–Kier alpha value is -2.41. The molecule has 0 spiro atoms. The number of esters is 1. The highest BCUT2D eigenvalue weighted by Gasteiger charge is 2.37. The van der Waals surface area contributed by atoms with E-state index in [9.17, 15) is 14.7 Å². The number of ether oxygens (including phenoxy) is 1. The SMILES string of the molecule is COC(=O)CN1C(=S)N(C)C(=O)/C1=C/c1cc(C(C)(C)C)c(O)c(C(C)(C)C)c1. The topological polar surface area (TPSA) is 70.1 Å². The van der Waals surface area contributed by atoms with Crippen LogP contribution >= 0.6 is 12.2 Å². The predicted molar refractivity (Wildman–Crippen MR) is 118 cm³/mol. The zero-order valence-corrected chi connectivity index (χ0v) is 19.2. The zero-order valence-electron chi connectivity index (χ0n) is 18.4. The van der Waals surface area contributed by atoms with E-state index in [2.05, 4.69) is 0 Å². The van der Waals surface area contributed by atoms with Crippen molar-refractivity contribution in [3.8, 4) is 5.75 Å². The van der Waals surface area contributed by atoms with Crippen molar-refractivity contribution in [3.05, 3.63) is 34.5 Å². The van der Waals surface area contributed by atoms with Gasteiger partial charge in [-0.2, -0.15) is 0 Å². The number of phenolic OH excluding ortho intramolecular Hbond substituents is 1. The highest BCUT2D eigenvalue weighted by Crippen LogP contribution is 2.40. The normalized spacial score (nSPS) is 16.8. The maximum absolute atomic E-state index is 12.8. The third-order valence-electron chi connectivity index (χ3n) is 4.90. The predicted octanol–water partition coefficient (Wildman–Crippen LogP) is 3.56. The number of carbonyl (C=O) groups excluding carboxylic acids is 2. The first-order valence-electron chi connectivity index (χ1n) is 9.44. The fourth-order valence-electron chi connectivity index (χ4n) is 3.19. The second kappa shape index (κ2) is 7.78. The second-order valence-electron chi connectivity index (χ2n) is 9.30. The summed E-state index contributed by atoms with van der Waals surface area (Å²) in [6, 6.07) is 3.76. The Bertz CT molecular complexity index is 856. The minimum Gasteiger partial charge on any atom is -0.507 e. The van der Waals surface area contributed by atoms with E-state index >= 15 is 0 Å². The molecule has 0 radical (unpaired) electrons. The summed E-state index contributed by atoms with van der Waals surface area (Å²) in [6.07, 6.45) is 1.71. The van der Waals surface area contributed by atoms with Gasteiger partial charge in [-0.25, -0.2) is 0 Å². The first-order chi connectivity index (χ1) is 13.2. The monoisotopic (exact) mass is 418 g/mol. The van der Waals surface area contributed by atoms with E-state index in [0.717, 1.165) is 16.7 Å². The van der Waals surface area contributed by atoms with Gasteiger partial charge in [0.1, 0.15) is 18.0 Å². The molecular formula is C22H30N2O4S. The number of carbonyl (C=O) groups is 2. The number of aromatic hydroxyl groups is 1. The van der Waals surface area contributed by atoms with E-state index in [1.54, 1.807) is 13.1 Å². The van der Waals surface area contributed by atoms with Crippen LogP contribution in [-0.4, -0.2) is 52.6 Å². The van der Waals surface area contributed by atoms with Crippen LogP contribution in [0.5, 0.6) is 5.75 Å². The van der Waals surface area contributed by atoms with Crippen molar-refractivity contribution in [3.63, 3.8) is 0 Å². The molecule has 1 aromatic carbocycles. The van der Waals surface area contributed by atoms with E-state index in [-0.39, 0.29) is 34.1 Å². The Labute approximate surface area is 178 Å². The van der Waals surface area contributed by atoms with Crippen LogP contribution in [0.15, 0.2) is 17.8 Å². The van der Waals surface area contributed by atoms with Crippen LogP contribution in [0.1, 0.15) is 58.2 Å². The van der Waals surface area contributed by atoms with E-state index in [4.69, 9.17) is 17.0 Å². The quantitative estimate of drug-likeness (QED) is 0.460. The molecule has 1 N–H and O–H groups in total. The van der Waals surface area contributed by atoms with Crippen LogP contribution in [0.2, 0.25) is 0 Å². The molecule has 0 atom stereocenters. The summed E-state index contributed by atoms with van der Waals surface area (Å²) < 4.78 is 4.74. The molecule has 1 aromatic rings. The summed E-state index contributed by atoms with van der Waals surface area (Å²) in [5.41, 5.74) is 2.05. The minimum atomic E-state index is -0.488. The van der Waals surface area contributed by atoms with Gasteiger partial charge in [0.25, 0.3) is 5.91 Å². The van der Waals surface area contributed by atoms with Crippen molar-refractivity contribution < 1.29 is 19.4 Å². The van der Waals surface area contributed by atoms with Gasteiger partial charge >= 0.3 is 5.97 Å². The molecule has 2 rings (SSSR count).